The van der Waals surface area contributed by atoms with Gasteiger partial charge in [0.2, 0.25) is 10.0 Å². The van der Waals surface area contributed by atoms with Crippen molar-refractivity contribution in [2.75, 3.05) is 33.4 Å². The Morgan fingerprint density at radius 1 is 1.28 bits per heavy atom. The Hall–Kier alpha value is -0.870. The Labute approximate surface area is 168 Å². The van der Waals surface area contributed by atoms with Crippen LogP contribution in [0.25, 0.3) is 0 Å². The van der Waals surface area contributed by atoms with Crippen LogP contribution in [0.3, 0.4) is 0 Å². The summed E-state index contributed by atoms with van der Waals surface area (Å²) in [5.74, 6) is 0.776. The van der Waals surface area contributed by atoms with Crippen molar-refractivity contribution in [2.24, 2.45) is 4.99 Å². The van der Waals surface area contributed by atoms with Gasteiger partial charge in [0.1, 0.15) is 0 Å². The number of aliphatic imine (C=N–C) groups is 1. The molecule has 0 aliphatic carbocycles. The number of sulfonamides is 1. The van der Waals surface area contributed by atoms with E-state index in [9.17, 15) is 8.42 Å². The maximum Gasteiger partial charge on any atom is 0.211 e. The molecular formula is C17H29IN4O2S. The number of halogens is 1. The van der Waals surface area contributed by atoms with Crippen LogP contribution in [0.15, 0.2) is 35.3 Å². The fourth-order valence-electron chi connectivity index (χ4n) is 2.93. The summed E-state index contributed by atoms with van der Waals surface area (Å²) in [5, 5.41) is 3.33. The number of benzene rings is 1. The average molecular weight is 480 g/mol. The quantitative estimate of drug-likeness (QED) is 0.399. The van der Waals surface area contributed by atoms with E-state index in [1.165, 1.54) is 6.26 Å². The second-order valence-electron chi connectivity index (χ2n) is 6.42. The van der Waals surface area contributed by atoms with Gasteiger partial charge in [-0.3, -0.25) is 0 Å². The van der Waals surface area contributed by atoms with Gasteiger partial charge in [0.15, 0.2) is 5.96 Å². The van der Waals surface area contributed by atoms with Crippen molar-refractivity contribution in [3.8, 4) is 0 Å². The second-order valence-corrected chi connectivity index (χ2v) is 8.36. The molecule has 0 saturated carbocycles. The predicted octanol–water partition coefficient (Wildman–Crippen LogP) is 2.13. The van der Waals surface area contributed by atoms with E-state index in [1.807, 2.05) is 49.3 Å². The van der Waals surface area contributed by atoms with E-state index in [1.54, 1.807) is 4.31 Å². The lowest BCUT2D eigenvalue weighted by atomic mass is 10.1. The molecule has 1 aromatic carbocycles. The van der Waals surface area contributed by atoms with Crippen molar-refractivity contribution in [1.29, 1.82) is 0 Å². The van der Waals surface area contributed by atoms with Crippen LogP contribution in [-0.4, -0.2) is 63.1 Å². The summed E-state index contributed by atoms with van der Waals surface area (Å²) in [4.78, 5) is 6.56. The van der Waals surface area contributed by atoms with Gasteiger partial charge in [-0.15, -0.1) is 24.0 Å². The minimum Gasteiger partial charge on any atom is -0.355 e. The molecule has 0 spiro atoms. The molecule has 0 bridgehead atoms. The highest BCUT2D eigenvalue weighted by Crippen LogP contribution is 2.19. The molecule has 1 heterocycles. The van der Waals surface area contributed by atoms with Crippen LogP contribution in [-0.2, 0) is 16.6 Å². The first-order valence-corrected chi connectivity index (χ1v) is 10.2. The van der Waals surface area contributed by atoms with Crippen molar-refractivity contribution in [2.45, 2.75) is 31.8 Å². The minimum atomic E-state index is -3.16. The first kappa shape index (κ1) is 22.2. The molecule has 1 atom stereocenters. The summed E-state index contributed by atoms with van der Waals surface area (Å²) in [6.07, 6.45) is 4.18. The fourth-order valence-corrected chi connectivity index (χ4v) is 4.11. The van der Waals surface area contributed by atoms with Gasteiger partial charge in [-0.2, -0.15) is 4.31 Å². The monoisotopic (exact) mass is 480 g/mol. The van der Waals surface area contributed by atoms with Crippen LogP contribution in [0.4, 0.5) is 0 Å². The van der Waals surface area contributed by atoms with E-state index in [2.05, 4.69) is 10.3 Å². The summed E-state index contributed by atoms with van der Waals surface area (Å²) in [7, 11) is 0.714. The van der Waals surface area contributed by atoms with E-state index in [0.717, 1.165) is 30.8 Å². The highest BCUT2D eigenvalue weighted by Gasteiger charge is 2.29. The average Bonchev–Trinajstić information content (AvgIpc) is 2.55. The van der Waals surface area contributed by atoms with Crippen molar-refractivity contribution < 1.29 is 8.42 Å². The fraction of sp³-hybridized carbons (Fsp3) is 0.588. The van der Waals surface area contributed by atoms with Gasteiger partial charge in [-0.05, 0) is 18.4 Å². The van der Waals surface area contributed by atoms with E-state index < -0.39 is 10.0 Å². The van der Waals surface area contributed by atoms with Gasteiger partial charge >= 0.3 is 0 Å². The van der Waals surface area contributed by atoms with Gasteiger partial charge < -0.3 is 10.2 Å². The number of rotatable bonds is 5. The van der Waals surface area contributed by atoms with Crippen molar-refractivity contribution in [1.82, 2.24) is 14.5 Å². The largest absolute Gasteiger partial charge is 0.355 e. The van der Waals surface area contributed by atoms with Crippen LogP contribution >= 0.6 is 24.0 Å². The zero-order chi connectivity index (χ0) is 17.6. The van der Waals surface area contributed by atoms with E-state index in [-0.39, 0.29) is 30.0 Å². The van der Waals surface area contributed by atoms with Crippen LogP contribution in [0.2, 0.25) is 0 Å². The zero-order valence-corrected chi connectivity index (χ0v) is 18.3. The highest BCUT2D eigenvalue weighted by atomic mass is 127. The van der Waals surface area contributed by atoms with Crippen molar-refractivity contribution in [3.63, 3.8) is 0 Å². The third kappa shape index (κ3) is 7.10. The first-order valence-electron chi connectivity index (χ1n) is 8.34. The number of nitrogens with one attached hydrogen (secondary N) is 1. The number of nitrogens with zero attached hydrogens (tertiary/aromatic N) is 3. The summed E-state index contributed by atoms with van der Waals surface area (Å²) >= 11 is 0. The molecule has 25 heavy (non-hydrogen) atoms. The molecule has 6 nitrogen and oxygen atoms in total. The Morgan fingerprint density at radius 3 is 2.56 bits per heavy atom. The zero-order valence-electron chi connectivity index (χ0n) is 15.2. The van der Waals surface area contributed by atoms with Gasteiger partial charge in [0, 0.05) is 33.2 Å². The van der Waals surface area contributed by atoms with Crippen LogP contribution in [0.5, 0.6) is 0 Å². The molecule has 142 valence electrons. The SMILES string of the molecule is CN(C)C(=NCc1ccccc1)NCC1CCCCN1S(C)(=O)=O.I. The summed E-state index contributed by atoms with van der Waals surface area (Å²) in [5.41, 5.74) is 1.15. The molecule has 2 rings (SSSR count). The molecule has 1 aromatic rings. The Morgan fingerprint density at radius 2 is 1.96 bits per heavy atom. The molecular weight excluding hydrogens is 451 g/mol. The topological polar surface area (TPSA) is 65.0 Å². The van der Waals surface area contributed by atoms with Gasteiger partial charge in [-0.25, -0.2) is 13.4 Å². The Balaban J connectivity index is 0.00000312. The van der Waals surface area contributed by atoms with Gasteiger partial charge in [-0.1, -0.05) is 36.8 Å². The Kier molecular flexibility index (Phi) is 9.15. The molecule has 1 unspecified atom stereocenters. The molecule has 1 saturated heterocycles. The number of hydrogen-bond acceptors (Lipinski definition) is 3. The lowest BCUT2D eigenvalue weighted by molar-refractivity contribution is 0.252. The molecule has 0 aromatic heterocycles. The maximum absolute atomic E-state index is 11.9. The Bertz CT molecular complexity index is 650. The van der Waals surface area contributed by atoms with Gasteiger partial charge in [0.05, 0.1) is 12.8 Å². The van der Waals surface area contributed by atoms with Crippen LogP contribution < -0.4 is 5.32 Å². The van der Waals surface area contributed by atoms with E-state index in [0.29, 0.717) is 19.6 Å². The lowest BCUT2D eigenvalue weighted by Crippen LogP contribution is -2.50. The number of hydrogen-bond donors (Lipinski definition) is 1. The third-order valence-corrected chi connectivity index (χ3v) is 5.51. The molecule has 8 heteroatoms. The van der Waals surface area contributed by atoms with Crippen molar-refractivity contribution in [3.05, 3.63) is 35.9 Å². The normalized spacial score (nSPS) is 19.2. The second kappa shape index (κ2) is 10.3. The molecule has 1 fully saturated rings. The smallest absolute Gasteiger partial charge is 0.211 e. The van der Waals surface area contributed by atoms with E-state index >= 15 is 0 Å². The lowest BCUT2D eigenvalue weighted by Gasteiger charge is -2.34. The van der Waals surface area contributed by atoms with Crippen molar-refractivity contribution >= 4 is 40.0 Å². The van der Waals surface area contributed by atoms with Crippen LogP contribution in [0, 0.1) is 0 Å². The summed E-state index contributed by atoms with van der Waals surface area (Å²) < 4.78 is 25.5. The number of guanidine groups is 1. The standard InChI is InChI=1S/C17H28N4O2S.HI/c1-20(2)17(18-13-15-9-5-4-6-10-15)19-14-16-11-7-8-12-21(16)24(3,22)23;/h4-6,9-10,16H,7-8,11-14H2,1-3H3,(H,18,19);1H. The highest BCUT2D eigenvalue weighted by molar-refractivity contribution is 14.0. The van der Waals surface area contributed by atoms with E-state index in [4.69, 9.17) is 0 Å². The first-order chi connectivity index (χ1) is 11.4. The minimum absolute atomic E-state index is 0. The predicted molar refractivity (Wildman–Crippen MR) is 114 cm³/mol. The maximum atomic E-state index is 11.9. The van der Waals surface area contributed by atoms with Crippen LogP contribution in [0.1, 0.15) is 24.8 Å². The number of piperidine rings is 1. The molecule has 0 radical (unpaired) electrons. The molecule has 1 aliphatic rings. The third-order valence-electron chi connectivity index (χ3n) is 4.17. The van der Waals surface area contributed by atoms with Gasteiger partial charge in [0.25, 0.3) is 0 Å². The molecule has 1 N–H and O–H groups in total. The summed E-state index contributed by atoms with van der Waals surface area (Å²) in [6.45, 7) is 1.80. The molecule has 0 amide bonds. The molecule has 1 aliphatic heterocycles. The summed E-state index contributed by atoms with van der Waals surface area (Å²) in [6, 6.07) is 10.1.